The lowest BCUT2D eigenvalue weighted by Gasteiger charge is -2.10. The number of rotatable bonds is 8. The Morgan fingerprint density at radius 1 is 1.30 bits per heavy atom. The predicted molar refractivity (Wildman–Crippen MR) is 93.1 cm³/mol. The smallest absolute Gasteiger partial charge is 0.128 e. The number of aliphatic hydroxyl groups is 1. The summed E-state index contributed by atoms with van der Waals surface area (Å²) >= 11 is 1.66. The van der Waals surface area contributed by atoms with Crippen molar-refractivity contribution in [1.82, 2.24) is 15.2 Å². The van der Waals surface area contributed by atoms with Crippen molar-refractivity contribution in [3.8, 4) is 10.6 Å². The van der Waals surface area contributed by atoms with E-state index in [1.807, 2.05) is 18.2 Å². The molecule has 0 aliphatic rings. The monoisotopic (exact) mass is 333 g/mol. The molecular formula is C15H19N5O2S. The highest BCUT2D eigenvalue weighted by Crippen LogP contribution is 2.37. The van der Waals surface area contributed by atoms with Gasteiger partial charge in [-0.1, -0.05) is 0 Å². The number of anilines is 2. The zero-order valence-electron chi connectivity index (χ0n) is 12.8. The van der Waals surface area contributed by atoms with E-state index >= 15 is 0 Å². The quantitative estimate of drug-likeness (QED) is 0.472. The van der Waals surface area contributed by atoms with Crippen molar-refractivity contribution in [3.63, 3.8) is 0 Å². The molecule has 3 aromatic rings. The lowest BCUT2D eigenvalue weighted by atomic mass is 10.3. The minimum atomic E-state index is 0.0647. The predicted octanol–water partition coefficient (Wildman–Crippen LogP) is 2.15. The average Bonchev–Trinajstić information content (AvgIpc) is 3.22. The Morgan fingerprint density at radius 2 is 2.22 bits per heavy atom. The van der Waals surface area contributed by atoms with Gasteiger partial charge in [-0.25, -0.2) is 4.98 Å². The van der Waals surface area contributed by atoms with Crippen LogP contribution in [0.1, 0.15) is 0 Å². The number of hydrogen-bond acceptors (Lipinski definition) is 7. The lowest BCUT2D eigenvalue weighted by molar-refractivity contribution is 0.211. The van der Waals surface area contributed by atoms with Crippen LogP contribution in [0.5, 0.6) is 0 Å². The van der Waals surface area contributed by atoms with Gasteiger partial charge in [-0.2, -0.15) is 5.10 Å². The molecule has 0 saturated carbocycles. The standard InChI is InChI=1S/C15H19N5O2S/c1-22-7-5-16-11-9-14(17-4-6-21)19-12-8-13(23-15(11)12)10-2-3-18-20-10/h2-3,8-9,21H,4-7H2,1H3,(H,18,20)(H2,16,17,19). The summed E-state index contributed by atoms with van der Waals surface area (Å²) in [6.07, 6.45) is 1.74. The van der Waals surface area contributed by atoms with Gasteiger partial charge in [0.05, 0.1) is 39.7 Å². The number of aromatic amines is 1. The van der Waals surface area contributed by atoms with Crippen LogP contribution in [0.15, 0.2) is 24.4 Å². The zero-order valence-corrected chi connectivity index (χ0v) is 13.6. The molecule has 7 nitrogen and oxygen atoms in total. The molecular weight excluding hydrogens is 314 g/mol. The fourth-order valence-corrected chi connectivity index (χ4v) is 3.31. The van der Waals surface area contributed by atoms with E-state index in [-0.39, 0.29) is 6.61 Å². The van der Waals surface area contributed by atoms with E-state index in [9.17, 15) is 0 Å². The largest absolute Gasteiger partial charge is 0.395 e. The lowest BCUT2D eigenvalue weighted by Crippen LogP contribution is -2.10. The van der Waals surface area contributed by atoms with Crippen LogP contribution in [-0.4, -0.2) is 53.7 Å². The van der Waals surface area contributed by atoms with E-state index in [1.54, 1.807) is 24.6 Å². The van der Waals surface area contributed by atoms with Crippen molar-refractivity contribution in [2.45, 2.75) is 0 Å². The highest BCUT2D eigenvalue weighted by molar-refractivity contribution is 7.22. The summed E-state index contributed by atoms with van der Waals surface area (Å²) in [5, 5.41) is 22.5. The van der Waals surface area contributed by atoms with Crippen LogP contribution in [0.25, 0.3) is 20.8 Å². The van der Waals surface area contributed by atoms with Crippen molar-refractivity contribution in [2.75, 3.05) is 44.0 Å². The van der Waals surface area contributed by atoms with Gasteiger partial charge in [0.2, 0.25) is 0 Å². The molecule has 4 N–H and O–H groups in total. The third-order valence-electron chi connectivity index (χ3n) is 3.28. The van der Waals surface area contributed by atoms with Gasteiger partial charge in [0.15, 0.2) is 0 Å². The molecule has 23 heavy (non-hydrogen) atoms. The summed E-state index contributed by atoms with van der Waals surface area (Å²) in [5.74, 6) is 0.737. The number of nitrogens with one attached hydrogen (secondary N) is 3. The fraction of sp³-hybridized carbons (Fsp3) is 0.333. The summed E-state index contributed by atoms with van der Waals surface area (Å²) in [4.78, 5) is 5.70. The van der Waals surface area contributed by atoms with E-state index in [1.165, 1.54) is 0 Å². The molecule has 0 aliphatic heterocycles. The van der Waals surface area contributed by atoms with Gasteiger partial charge in [0, 0.05) is 32.5 Å². The SMILES string of the molecule is COCCNc1cc(NCCO)nc2cc(-c3ccn[nH]3)sc12. The Bertz CT molecular complexity index is 757. The number of nitrogens with zero attached hydrogens (tertiary/aromatic N) is 2. The summed E-state index contributed by atoms with van der Waals surface area (Å²) in [6, 6.07) is 5.94. The molecule has 0 atom stereocenters. The molecule has 0 fully saturated rings. The topological polar surface area (TPSA) is 95.1 Å². The van der Waals surface area contributed by atoms with E-state index in [0.717, 1.165) is 32.3 Å². The van der Waals surface area contributed by atoms with Gasteiger partial charge in [0.25, 0.3) is 0 Å². The molecule has 0 unspecified atom stereocenters. The Labute approximate surface area is 137 Å². The number of aliphatic hydroxyl groups excluding tert-OH is 1. The van der Waals surface area contributed by atoms with Crippen molar-refractivity contribution in [3.05, 3.63) is 24.4 Å². The first-order valence-corrected chi connectivity index (χ1v) is 8.15. The van der Waals surface area contributed by atoms with Crippen molar-refractivity contribution < 1.29 is 9.84 Å². The van der Waals surface area contributed by atoms with Crippen LogP contribution < -0.4 is 10.6 Å². The van der Waals surface area contributed by atoms with Crippen LogP contribution in [0, 0.1) is 0 Å². The maximum absolute atomic E-state index is 8.98. The number of ether oxygens (including phenoxy) is 1. The van der Waals surface area contributed by atoms with E-state index in [4.69, 9.17) is 9.84 Å². The number of H-pyrrole nitrogens is 1. The van der Waals surface area contributed by atoms with E-state index < -0.39 is 0 Å². The molecule has 8 heteroatoms. The number of thiophene rings is 1. The second kappa shape index (κ2) is 7.40. The van der Waals surface area contributed by atoms with Gasteiger partial charge in [0.1, 0.15) is 5.82 Å². The Hall–Kier alpha value is -2.16. The number of methoxy groups -OCH3 is 1. The summed E-state index contributed by atoms with van der Waals surface area (Å²) < 4.78 is 6.18. The minimum Gasteiger partial charge on any atom is -0.395 e. The second-order valence-corrected chi connectivity index (χ2v) is 5.97. The highest BCUT2D eigenvalue weighted by Gasteiger charge is 2.12. The maximum Gasteiger partial charge on any atom is 0.128 e. The van der Waals surface area contributed by atoms with Crippen molar-refractivity contribution in [1.29, 1.82) is 0 Å². The molecule has 3 heterocycles. The first kappa shape index (κ1) is 15.7. The number of pyridine rings is 1. The highest BCUT2D eigenvalue weighted by atomic mass is 32.1. The van der Waals surface area contributed by atoms with Crippen LogP contribution >= 0.6 is 11.3 Å². The molecule has 3 rings (SSSR count). The van der Waals surface area contributed by atoms with Gasteiger partial charge in [-0.05, 0) is 12.1 Å². The van der Waals surface area contributed by atoms with Gasteiger partial charge in [-0.15, -0.1) is 11.3 Å². The third kappa shape index (κ3) is 3.61. The molecule has 3 aromatic heterocycles. The Morgan fingerprint density at radius 3 is 2.96 bits per heavy atom. The van der Waals surface area contributed by atoms with Crippen LogP contribution in [-0.2, 0) is 4.74 Å². The number of fused-ring (bicyclic) bond motifs is 1. The zero-order chi connectivity index (χ0) is 16.1. The second-order valence-electron chi connectivity index (χ2n) is 4.92. The molecule has 0 aliphatic carbocycles. The summed E-state index contributed by atoms with van der Waals surface area (Å²) in [7, 11) is 1.68. The minimum absolute atomic E-state index is 0.0647. The molecule has 0 bridgehead atoms. The van der Waals surface area contributed by atoms with E-state index in [0.29, 0.717) is 19.7 Å². The molecule has 0 aromatic carbocycles. The van der Waals surface area contributed by atoms with Crippen molar-refractivity contribution in [2.24, 2.45) is 0 Å². The van der Waals surface area contributed by atoms with Gasteiger partial charge in [-0.3, -0.25) is 5.10 Å². The average molecular weight is 333 g/mol. The normalized spacial score (nSPS) is 11.0. The van der Waals surface area contributed by atoms with Crippen molar-refractivity contribution >= 4 is 33.1 Å². The molecule has 0 spiro atoms. The first-order valence-electron chi connectivity index (χ1n) is 7.33. The fourth-order valence-electron chi connectivity index (χ4n) is 2.24. The van der Waals surface area contributed by atoms with Crippen LogP contribution in [0.4, 0.5) is 11.5 Å². The Balaban J connectivity index is 1.97. The van der Waals surface area contributed by atoms with Crippen LogP contribution in [0.2, 0.25) is 0 Å². The summed E-state index contributed by atoms with van der Waals surface area (Å²) in [6.45, 7) is 1.87. The molecule has 0 radical (unpaired) electrons. The molecule has 122 valence electrons. The molecule has 0 saturated heterocycles. The summed E-state index contributed by atoms with van der Waals surface area (Å²) in [5.41, 5.74) is 2.88. The number of hydrogen-bond donors (Lipinski definition) is 4. The maximum atomic E-state index is 8.98. The van der Waals surface area contributed by atoms with Crippen LogP contribution in [0.3, 0.4) is 0 Å². The molecule has 0 amide bonds. The first-order chi connectivity index (χ1) is 11.3. The third-order valence-corrected chi connectivity index (χ3v) is 4.48. The van der Waals surface area contributed by atoms with Gasteiger partial charge >= 0.3 is 0 Å². The Kier molecular flexibility index (Phi) is 5.06. The van der Waals surface area contributed by atoms with E-state index in [2.05, 4.69) is 25.8 Å². The number of aromatic nitrogens is 3. The van der Waals surface area contributed by atoms with Gasteiger partial charge < -0.3 is 20.5 Å².